The van der Waals surface area contributed by atoms with Gasteiger partial charge >= 0.3 is 12.0 Å². The molecule has 0 aliphatic rings. The molecule has 0 spiro atoms. The van der Waals surface area contributed by atoms with Gasteiger partial charge in [-0.2, -0.15) is 0 Å². The molecule has 0 atom stereocenters. The summed E-state index contributed by atoms with van der Waals surface area (Å²) in [5.74, 6) is -2.03. The number of carboxylic acids is 1. The van der Waals surface area contributed by atoms with Crippen molar-refractivity contribution in [3.05, 3.63) is 65.5 Å². The number of anilines is 1. The van der Waals surface area contributed by atoms with E-state index in [1.807, 2.05) is 30.3 Å². The number of amides is 2. The molecular formula is C15H13FN2O3. The highest BCUT2D eigenvalue weighted by atomic mass is 19.1. The summed E-state index contributed by atoms with van der Waals surface area (Å²) < 4.78 is 13.6. The van der Waals surface area contributed by atoms with Gasteiger partial charge in [0.2, 0.25) is 0 Å². The second kappa shape index (κ2) is 6.51. The van der Waals surface area contributed by atoms with Crippen molar-refractivity contribution in [2.24, 2.45) is 0 Å². The molecule has 2 amide bonds. The fourth-order valence-electron chi connectivity index (χ4n) is 1.69. The van der Waals surface area contributed by atoms with E-state index in [2.05, 4.69) is 10.6 Å². The summed E-state index contributed by atoms with van der Waals surface area (Å²) in [6.07, 6.45) is 0. The highest BCUT2D eigenvalue weighted by Gasteiger charge is 2.10. The smallest absolute Gasteiger partial charge is 0.335 e. The zero-order valence-electron chi connectivity index (χ0n) is 11.0. The van der Waals surface area contributed by atoms with Gasteiger partial charge in [-0.1, -0.05) is 30.3 Å². The predicted octanol–water partition coefficient (Wildman–Crippen LogP) is 2.85. The first kappa shape index (κ1) is 14.5. The van der Waals surface area contributed by atoms with E-state index in [-0.39, 0.29) is 11.3 Å². The number of carbonyl (C=O) groups is 2. The molecule has 6 heteroatoms. The van der Waals surface area contributed by atoms with Crippen LogP contribution in [0.4, 0.5) is 14.9 Å². The van der Waals surface area contributed by atoms with Crippen LogP contribution >= 0.6 is 0 Å². The van der Waals surface area contributed by atoms with E-state index in [4.69, 9.17) is 5.11 Å². The van der Waals surface area contributed by atoms with Gasteiger partial charge < -0.3 is 15.7 Å². The summed E-state index contributed by atoms with van der Waals surface area (Å²) in [4.78, 5) is 22.3. The van der Waals surface area contributed by atoms with Gasteiger partial charge in [0.15, 0.2) is 0 Å². The Labute approximate surface area is 120 Å². The van der Waals surface area contributed by atoms with Gasteiger partial charge in [0.05, 0.1) is 11.3 Å². The van der Waals surface area contributed by atoms with Crippen molar-refractivity contribution < 1.29 is 19.1 Å². The quantitative estimate of drug-likeness (QED) is 0.809. The predicted molar refractivity (Wildman–Crippen MR) is 75.7 cm³/mol. The summed E-state index contributed by atoms with van der Waals surface area (Å²) in [7, 11) is 0. The number of hydrogen-bond acceptors (Lipinski definition) is 2. The first-order valence-corrected chi connectivity index (χ1v) is 6.18. The van der Waals surface area contributed by atoms with Gasteiger partial charge in [-0.15, -0.1) is 0 Å². The lowest BCUT2D eigenvalue weighted by Gasteiger charge is -2.09. The largest absolute Gasteiger partial charge is 0.478 e. The molecule has 0 saturated heterocycles. The molecule has 0 aliphatic heterocycles. The molecule has 3 N–H and O–H groups in total. The third kappa shape index (κ3) is 4.04. The average Bonchev–Trinajstić information content (AvgIpc) is 2.48. The summed E-state index contributed by atoms with van der Waals surface area (Å²) in [6.45, 7) is 0.307. The third-order valence-corrected chi connectivity index (χ3v) is 2.76. The standard InChI is InChI=1S/C15H13FN2O3/c16-12-8-11(14(19)20)6-7-13(12)18-15(21)17-9-10-4-2-1-3-5-10/h1-8H,9H2,(H,19,20)(H2,17,18,21). The molecule has 0 aliphatic carbocycles. The number of benzene rings is 2. The van der Waals surface area contributed by atoms with Gasteiger partial charge in [-0.25, -0.2) is 14.0 Å². The van der Waals surface area contributed by atoms with Gasteiger partial charge in [-0.05, 0) is 23.8 Å². The molecule has 2 aromatic carbocycles. The Kier molecular flexibility index (Phi) is 4.50. The number of rotatable bonds is 4. The molecule has 0 bridgehead atoms. The summed E-state index contributed by atoms with van der Waals surface area (Å²) in [6, 6.07) is 12.0. The van der Waals surface area contributed by atoms with Crippen molar-refractivity contribution in [1.29, 1.82) is 0 Å². The molecule has 0 unspecified atom stereocenters. The number of carboxylic acid groups (broad SMARTS) is 1. The second-order valence-corrected chi connectivity index (χ2v) is 4.29. The van der Waals surface area contributed by atoms with Crippen LogP contribution in [0.1, 0.15) is 15.9 Å². The van der Waals surface area contributed by atoms with Crippen molar-refractivity contribution >= 4 is 17.7 Å². The Morgan fingerprint density at radius 3 is 2.43 bits per heavy atom. The fourth-order valence-corrected chi connectivity index (χ4v) is 1.69. The summed E-state index contributed by atoms with van der Waals surface area (Å²) in [5.41, 5.74) is 0.655. The van der Waals surface area contributed by atoms with Gasteiger partial charge in [-0.3, -0.25) is 0 Å². The minimum Gasteiger partial charge on any atom is -0.478 e. The number of nitrogens with one attached hydrogen (secondary N) is 2. The van der Waals surface area contributed by atoms with E-state index in [9.17, 15) is 14.0 Å². The molecule has 2 rings (SSSR count). The molecule has 0 radical (unpaired) electrons. The van der Waals surface area contributed by atoms with Gasteiger partial charge in [0.25, 0.3) is 0 Å². The van der Waals surface area contributed by atoms with Crippen LogP contribution in [0.3, 0.4) is 0 Å². The summed E-state index contributed by atoms with van der Waals surface area (Å²) in [5, 5.41) is 13.6. The van der Waals surface area contributed by atoms with E-state index < -0.39 is 17.8 Å². The lowest BCUT2D eigenvalue weighted by Crippen LogP contribution is -2.28. The monoisotopic (exact) mass is 288 g/mol. The number of hydrogen-bond donors (Lipinski definition) is 3. The molecule has 108 valence electrons. The molecule has 5 nitrogen and oxygen atoms in total. The lowest BCUT2D eigenvalue weighted by atomic mass is 10.2. The SMILES string of the molecule is O=C(NCc1ccccc1)Nc1ccc(C(=O)O)cc1F. The van der Waals surface area contributed by atoms with Crippen LogP contribution in [-0.4, -0.2) is 17.1 Å². The molecule has 0 saturated carbocycles. The fraction of sp³-hybridized carbons (Fsp3) is 0.0667. The summed E-state index contributed by atoms with van der Waals surface area (Å²) >= 11 is 0. The minimum atomic E-state index is -1.23. The molecule has 21 heavy (non-hydrogen) atoms. The van der Waals surface area contributed by atoms with Crippen molar-refractivity contribution in [3.63, 3.8) is 0 Å². The Morgan fingerprint density at radius 2 is 1.81 bits per heavy atom. The van der Waals surface area contributed by atoms with Crippen LogP contribution in [0.25, 0.3) is 0 Å². The molecular weight excluding hydrogens is 275 g/mol. The number of urea groups is 1. The number of carbonyl (C=O) groups excluding carboxylic acids is 1. The Morgan fingerprint density at radius 1 is 1.10 bits per heavy atom. The highest BCUT2D eigenvalue weighted by molar-refractivity contribution is 5.91. The molecule has 2 aromatic rings. The zero-order chi connectivity index (χ0) is 15.2. The van der Waals surface area contributed by atoms with Crippen LogP contribution in [0.5, 0.6) is 0 Å². The Hall–Kier alpha value is -2.89. The van der Waals surface area contributed by atoms with E-state index in [0.29, 0.717) is 6.54 Å². The maximum Gasteiger partial charge on any atom is 0.335 e. The maximum absolute atomic E-state index is 13.6. The van der Waals surface area contributed by atoms with E-state index in [0.717, 1.165) is 11.6 Å². The molecule has 0 heterocycles. The number of aromatic carboxylic acids is 1. The zero-order valence-corrected chi connectivity index (χ0v) is 11.0. The van der Waals surface area contributed by atoms with Crippen LogP contribution in [-0.2, 0) is 6.54 Å². The third-order valence-electron chi connectivity index (χ3n) is 2.76. The lowest BCUT2D eigenvalue weighted by molar-refractivity contribution is 0.0696. The Bertz CT molecular complexity index is 659. The first-order valence-electron chi connectivity index (χ1n) is 6.18. The number of halogens is 1. The normalized spacial score (nSPS) is 9.95. The molecule has 0 aromatic heterocycles. The van der Waals surface area contributed by atoms with Crippen molar-refractivity contribution in [3.8, 4) is 0 Å². The van der Waals surface area contributed by atoms with Crippen molar-refractivity contribution in [2.45, 2.75) is 6.54 Å². The average molecular weight is 288 g/mol. The second-order valence-electron chi connectivity index (χ2n) is 4.29. The maximum atomic E-state index is 13.6. The van der Waals surface area contributed by atoms with Crippen LogP contribution in [0, 0.1) is 5.82 Å². The Balaban J connectivity index is 1.95. The van der Waals surface area contributed by atoms with E-state index >= 15 is 0 Å². The van der Waals surface area contributed by atoms with E-state index in [1.54, 1.807) is 0 Å². The van der Waals surface area contributed by atoms with Crippen molar-refractivity contribution in [2.75, 3.05) is 5.32 Å². The first-order chi connectivity index (χ1) is 10.1. The van der Waals surface area contributed by atoms with Gasteiger partial charge in [0, 0.05) is 6.54 Å². The van der Waals surface area contributed by atoms with E-state index in [1.165, 1.54) is 12.1 Å². The topological polar surface area (TPSA) is 78.4 Å². The van der Waals surface area contributed by atoms with Crippen molar-refractivity contribution in [1.82, 2.24) is 5.32 Å². The van der Waals surface area contributed by atoms with Crippen LogP contribution < -0.4 is 10.6 Å². The molecule has 0 fully saturated rings. The minimum absolute atomic E-state index is 0.0782. The van der Waals surface area contributed by atoms with Crippen LogP contribution in [0.15, 0.2) is 48.5 Å². The van der Waals surface area contributed by atoms with Crippen LogP contribution in [0.2, 0.25) is 0 Å². The van der Waals surface area contributed by atoms with Gasteiger partial charge in [0.1, 0.15) is 5.82 Å². The highest BCUT2D eigenvalue weighted by Crippen LogP contribution is 2.15.